The Hall–Kier alpha value is -1.28. The Morgan fingerprint density at radius 3 is 2.59 bits per heavy atom. The van der Waals surface area contributed by atoms with Crippen LogP contribution >= 0.6 is 15.9 Å². The van der Waals surface area contributed by atoms with Gasteiger partial charge in [-0.3, -0.25) is 0 Å². The summed E-state index contributed by atoms with van der Waals surface area (Å²) in [6.07, 6.45) is -0.860. The summed E-state index contributed by atoms with van der Waals surface area (Å²) in [5.41, 5.74) is -0.0745. The van der Waals surface area contributed by atoms with Crippen LogP contribution in [0.25, 0.3) is 0 Å². The normalized spacial score (nSPS) is 12.1. The zero-order chi connectivity index (χ0) is 16.8. The molecule has 0 radical (unpaired) electrons. The Kier molecular flexibility index (Phi) is 6.67. The van der Waals surface area contributed by atoms with Crippen LogP contribution in [0.1, 0.15) is 26.5 Å². The highest BCUT2D eigenvalue weighted by molar-refractivity contribution is 9.10. The number of alkyl halides is 2. The van der Waals surface area contributed by atoms with Crippen LogP contribution in [0.15, 0.2) is 22.8 Å². The minimum Gasteiger partial charge on any atom is -0.444 e. The number of aromatic nitrogens is 1. The van der Waals surface area contributed by atoms with Gasteiger partial charge in [-0.25, -0.2) is 18.6 Å². The SMILES string of the molecule is CC(C)(C)OC(=O)NCC(F)(F)CNCc1cccc(Br)n1. The number of halogens is 3. The predicted molar refractivity (Wildman–Crippen MR) is 82.8 cm³/mol. The van der Waals surface area contributed by atoms with Crippen molar-refractivity contribution in [3.63, 3.8) is 0 Å². The Labute approximate surface area is 137 Å². The fourth-order valence-electron chi connectivity index (χ4n) is 1.50. The van der Waals surface area contributed by atoms with E-state index >= 15 is 0 Å². The molecule has 0 atom stereocenters. The second kappa shape index (κ2) is 7.82. The summed E-state index contributed by atoms with van der Waals surface area (Å²) in [6.45, 7) is 3.84. The fourth-order valence-corrected chi connectivity index (χ4v) is 1.88. The van der Waals surface area contributed by atoms with Crippen LogP contribution in [0.5, 0.6) is 0 Å². The van der Waals surface area contributed by atoms with Gasteiger partial charge >= 0.3 is 6.09 Å². The zero-order valence-corrected chi connectivity index (χ0v) is 14.3. The number of carbonyl (C=O) groups is 1. The van der Waals surface area contributed by atoms with Gasteiger partial charge in [0.1, 0.15) is 10.2 Å². The molecule has 0 spiro atoms. The van der Waals surface area contributed by atoms with Crippen LogP contribution in [0.2, 0.25) is 0 Å². The van der Waals surface area contributed by atoms with E-state index in [1.807, 2.05) is 0 Å². The van der Waals surface area contributed by atoms with Gasteiger partial charge in [-0.2, -0.15) is 0 Å². The highest BCUT2D eigenvalue weighted by atomic mass is 79.9. The summed E-state index contributed by atoms with van der Waals surface area (Å²) in [6, 6.07) is 5.26. The van der Waals surface area contributed by atoms with Crippen molar-refractivity contribution in [2.75, 3.05) is 13.1 Å². The van der Waals surface area contributed by atoms with Crippen LogP contribution in [-0.4, -0.2) is 35.7 Å². The highest BCUT2D eigenvalue weighted by Gasteiger charge is 2.30. The van der Waals surface area contributed by atoms with Gasteiger partial charge in [0.2, 0.25) is 0 Å². The van der Waals surface area contributed by atoms with E-state index < -0.39 is 30.7 Å². The largest absolute Gasteiger partial charge is 0.444 e. The topological polar surface area (TPSA) is 63.2 Å². The summed E-state index contributed by atoms with van der Waals surface area (Å²) in [5.74, 6) is -3.08. The number of hydrogen-bond donors (Lipinski definition) is 2. The number of ether oxygens (including phenoxy) is 1. The van der Waals surface area contributed by atoms with Crippen molar-refractivity contribution in [2.45, 2.75) is 38.8 Å². The Morgan fingerprint density at radius 1 is 1.32 bits per heavy atom. The van der Waals surface area contributed by atoms with Gasteiger partial charge in [0.25, 0.3) is 5.92 Å². The van der Waals surface area contributed by atoms with Crippen LogP contribution in [0, 0.1) is 0 Å². The first-order valence-corrected chi connectivity index (χ1v) is 7.53. The zero-order valence-electron chi connectivity index (χ0n) is 12.8. The average molecular weight is 380 g/mol. The third kappa shape index (κ3) is 8.23. The molecular formula is C14H20BrF2N3O2. The Balaban J connectivity index is 2.33. The lowest BCUT2D eigenvalue weighted by atomic mass is 10.2. The van der Waals surface area contributed by atoms with Crippen molar-refractivity contribution in [1.82, 2.24) is 15.6 Å². The number of amides is 1. The molecule has 1 heterocycles. The molecule has 0 aliphatic carbocycles. The van der Waals surface area contributed by atoms with E-state index in [0.717, 1.165) is 0 Å². The molecule has 1 rings (SSSR count). The lowest BCUT2D eigenvalue weighted by molar-refractivity contribution is -0.00381. The molecule has 1 aromatic heterocycles. The molecule has 0 bridgehead atoms. The standard InChI is InChI=1S/C14H20BrF2N3O2/c1-13(2,3)22-12(21)19-9-14(16,17)8-18-7-10-5-4-6-11(15)20-10/h4-6,18H,7-9H2,1-3H3,(H,19,21). The lowest BCUT2D eigenvalue weighted by Gasteiger charge is -2.22. The number of nitrogens with one attached hydrogen (secondary N) is 2. The minimum absolute atomic E-state index is 0.210. The summed E-state index contributed by atoms with van der Waals surface area (Å²) in [5, 5.41) is 4.68. The maximum absolute atomic E-state index is 13.6. The van der Waals surface area contributed by atoms with E-state index in [2.05, 4.69) is 31.5 Å². The van der Waals surface area contributed by atoms with Gasteiger partial charge in [-0.1, -0.05) is 6.07 Å². The van der Waals surface area contributed by atoms with Crippen molar-refractivity contribution < 1.29 is 18.3 Å². The summed E-state index contributed by atoms with van der Waals surface area (Å²) >= 11 is 3.21. The maximum Gasteiger partial charge on any atom is 0.407 e. The molecule has 1 aromatic rings. The maximum atomic E-state index is 13.6. The van der Waals surface area contributed by atoms with Crippen LogP contribution in [0.4, 0.5) is 13.6 Å². The average Bonchev–Trinajstić information content (AvgIpc) is 2.34. The summed E-state index contributed by atoms with van der Waals surface area (Å²) in [4.78, 5) is 15.5. The van der Waals surface area contributed by atoms with Crippen molar-refractivity contribution in [1.29, 1.82) is 0 Å². The molecule has 2 N–H and O–H groups in total. The fraction of sp³-hybridized carbons (Fsp3) is 0.571. The second-order valence-electron chi connectivity index (χ2n) is 5.77. The first kappa shape index (κ1) is 18.8. The smallest absolute Gasteiger partial charge is 0.407 e. The Morgan fingerprint density at radius 2 is 2.00 bits per heavy atom. The van der Waals surface area contributed by atoms with Crippen LogP contribution in [0.3, 0.4) is 0 Å². The predicted octanol–water partition coefficient (Wildman–Crippen LogP) is 3.09. The van der Waals surface area contributed by atoms with Gasteiger partial charge in [0.05, 0.1) is 18.8 Å². The van der Waals surface area contributed by atoms with Crippen molar-refractivity contribution in [2.24, 2.45) is 0 Å². The molecule has 0 aromatic carbocycles. The van der Waals surface area contributed by atoms with Crippen LogP contribution in [-0.2, 0) is 11.3 Å². The van der Waals surface area contributed by atoms with E-state index in [4.69, 9.17) is 4.74 Å². The first-order chi connectivity index (χ1) is 10.1. The van der Waals surface area contributed by atoms with Crippen molar-refractivity contribution >= 4 is 22.0 Å². The summed E-state index contributed by atoms with van der Waals surface area (Å²) < 4.78 is 32.8. The number of hydrogen-bond acceptors (Lipinski definition) is 4. The van der Waals surface area contributed by atoms with E-state index in [0.29, 0.717) is 10.3 Å². The monoisotopic (exact) mass is 379 g/mol. The van der Waals surface area contributed by atoms with Gasteiger partial charge < -0.3 is 15.4 Å². The van der Waals surface area contributed by atoms with E-state index in [9.17, 15) is 13.6 Å². The second-order valence-corrected chi connectivity index (χ2v) is 6.58. The molecule has 0 fully saturated rings. The van der Waals surface area contributed by atoms with E-state index in [1.165, 1.54) is 0 Å². The molecular weight excluding hydrogens is 360 g/mol. The quantitative estimate of drug-likeness (QED) is 0.745. The van der Waals surface area contributed by atoms with E-state index in [1.54, 1.807) is 39.0 Å². The van der Waals surface area contributed by atoms with E-state index in [-0.39, 0.29) is 6.54 Å². The van der Waals surface area contributed by atoms with Crippen molar-refractivity contribution in [3.05, 3.63) is 28.5 Å². The number of pyridine rings is 1. The van der Waals surface area contributed by atoms with Gasteiger partial charge in [-0.15, -0.1) is 0 Å². The molecule has 0 unspecified atom stereocenters. The molecule has 5 nitrogen and oxygen atoms in total. The van der Waals surface area contributed by atoms with Gasteiger partial charge in [0.15, 0.2) is 0 Å². The lowest BCUT2D eigenvalue weighted by Crippen LogP contribution is -2.44. The molecule has 1 amide bonds. The Bertz CT molecular complexity index is 507. The molecule has 0 saturated carbocycles. The van der Waals surface area contributed by atoms with Gasteiger partial charge in [0, 0.05) is 6.54 Å². The molecule has 0 aliphatic rings. The van der Waals surface area contributed by atoms with Gasteiger partial charge in [-0.05, 0) is 48.8 Å². The molecule has 0 aliphatic heterocycles. The molecule has 124 valence electrons. The third-order valence-electron chi connectivity index (χ3n) is 2.35. The first-order valence-electron chi connectivity index (χ1n) is 6.74. The number of nitrogens with zero attached hydrogens (tertiary/aromatic N) is 1. The number of alkyl carbamates (subject to hydrolysis) is 1. The molecule has 22 heavy (non-hydrogen) atoms. The van der Waals surface area contributed by atoms with Crippen molar-refractivity contribution in [3.8, 4) is 0 Å². The molecule has 8 heteroatoms. The number of rotatable bonds is 6. The molecule has 0 saturated heterocycles. The van der Waals surface area contributed by atoms with Crippen LogP contribution < -0.4 is 10.6 Å². The highest BCUT2D eigenvalue weighted by Crippen LogP contribution is 2.12. The minimum atomic E-state index is -3.08. The number of carbonyl (C=O) groups excluding carboxylic acids is 1. The summed E-state index contributed by atoms with van der Waals surface area (Å²) in [7, 11) is 0. The third-order valence-corrected chi connectivity index (χ3v) is 2.79.